The van der Waals surface area contributed by atoms with Gasteiger partial charge in [0.05, 0.1) is 0 Å². The van der Waals surface area contributed by atoms with E-state index in [1.165, 1.54) is 0 Å². The molecule has 0 bridgehead atoms. The third-order valence-electron chi connectivity index (χ3n) is 1.93. The van der Waals surface area contributed by atoms with Crippen molar-refractivity contribution in [1.82, 2.24) is 5.32 Å². The van der Waals surface area contributed by atoms with Crippen LogP contribution in [0.25, 0.3) is 0 Å². The van der Waals surface area contributed by atoms with Crippen molar-refractivity contribution in [3.8, 4) is 5.75 Å². The molecule has 1 atom stereocenters. The van der Waals surface area contributed by atoms with Crippen LogP contribution in [0.3, 0.4) is 0 Å². The van der Waals surface area contributed by atoms with Crippen LogP contribution in [0.5, 0.6) is 5.75 Å². The highest BCUT2D eigenvalue weighted by Crippen LogP contribution is 2.16. The molecule has 96 valence electrons. The summed E-state index contributed by atoms with van der Waals surface area (Å²) in [6.07, 6.45) is 0. The Morgan fingerprint density at radius 3 is 2.88 bits per heavy atom. The van der Waals surface area contributed by atoms with Gasteiger partial charge in [-0.15, -0.1) is 12.4 Å². The second-order valence-corrected chi connectivity index (χ2v) is 3.89. The second-order valence-electron chi connectivity index (χ2n) is 3.45. The zero-order chi connectivity index (χ0) is 12.0. The molecule has 0 aromatic heterocycles. The number of nitrogens with one attached hydrogen (secondary N) is 1. The highest BCUT2D eigenvalue weighted by atomic mass is 35.5. The number of hydrogen-bond acceptors (Lipinski definition) is 3. The second kappa shape index (κ2) is 8.17. The van der Waals surface area contributed by atoms with Gasteiger partial charge in [-0.3, -0.25) is 4.79 Å². The Labute approximate surface area is 112 Å². The van der Waals surface area contributed by atoms with Gasteiger partial charge in [-0.25, -0.2) is 0 Å². The molecule has 0 aliphatic rings. The van der Waals surface area contributed by atoms with E-state index in [4.69, 9.17) is 22.1 Å². The summed E-state index contributed by atoms with van der Waals surface area (Å²) >= 11 is 5.77. The van der Waals surface area contributed by atoms with Crippen LogP contribution < -0.4 is 15.8 Å². The van der Waals surface area contributed by atoms with Gasteiger partial charge in [0.25, 0.3) is 5.91 Å². The van der Waals surface area contributed by atoms with E-state index in [-0.39, 0.29) is 31.0 Å². The lowest BCUT2D eigenvalue weighted by atomic mass is 10.3. The van der Waals surface area contributed by atoms with Gasteiger partial charge >= 0.3 is 0 Å². The fraction of sp³-hybridized carbons (Fsp3) is 0.364. The predicted octanol–water partition coefficient (Wildman–Crippen LogP) is 1.60. The van der Waals surface area contributed by atoms with Crippen LogP contribution in [0.4, 0.5) is 0 Å². The molecule has 0 saturated heterocycles. The lowest BCUT2D eigenvalue weighted by Crippen LogP contribution is -2.40. The Balaban J connectivity index is 0.00000256. The summed E-state index contributed by atoms with van der Waals surface area (Å²) < 4.78 is 5.26. The van der Waals surface area contributed by atoms with Crippen molar-refractivity contribution >= 4 is 29.9 Å². The quantitative estimate of drug-likeness (QED) is 0.860. The number of nitrogens with two attached hydrogens (primary N) is 1. The summed E-state index contributed by atoms with van der Waals surface area (Å²) in [4.78, 5) is 11.3. The number of rotatable bonds is 5. The van der Waals surface area contributed by atoms with Gasteiger partial charge in [0.2, 0.25) is 0 Å². The Hall–Kier alpha value is -0.970. The van der Waals surface area contributed by atoms with Crippen molar-refractivity contribution < 1.29 is 9.53 Å². The maximum atomic E-state index is 11.3. The molecule has 0 aliphatic heterocycles. The van der Waals surface area contributed by atoms with Crippen molar-refractivity contribution in [3.63, 3.8) is 0 Å². The van der Waals surface area contributed by atoms with Gasteiger partial charge in [0.15, 0.2) is 6.61 Å². The van der Waals surface area contributed by atoms with Crippen LogP contribution in [0.15, 0.2) is 24.3 Å². The molecule has 0 saturated carbocycles. The van der Waals surface area contributed by atoms with Gasteiger partial charge in [0, 0.05) is 17.6 Å². The Morgan fingerprint density at radius 2 is 2.29 bits per heavy atom. The number of carbonyl (C=O) groups excluding carboxylic acids is 1. The lowest BCUT2D eigenvalue weighted by molar-refractivity contribution is -0.123. The van der Waals surface area contributed by atoms with Crippen molar-refractivity contribution in [2.24, 2.45) is 5.73 Å². The van der Waals surface area contributed by atoms with Gasteiger partial charge in [-0.1, -0.05) is 17.7 Å². The van der Waals surface area contributed by atoms with E-state index in [0.717, 1.165) is 0 Å². The van der Waals surface area contributed by atoms with Crippen LogP contribution in [0, 0.1) is 0 Å². The van der Waals surface area contributed by atoms with Gasteiger partial charge in [-0.05, 0) is 25.1 Å². The summed E-state index contributed by atoms with van der Waals surface area (Å²) in [5.41, 5.74) is 5.37. The minimum Gasteiger partial charge on any atom is -0.484 e. The van der Waals surface area contributed by atoms with Crippen LogP contribution in [0.2, 0.25) is 5.02 Å². The maximum absolute atomic E-state index is 11.3. The van der Waals surface area contributed by atoms with E-state index in [9.17, 15) is 4.79 Å². The number of hydrogen-bond donors (Lipinski definition) is 2. The average molecular weight is 279 g/mol. The SMILES string of the molecule is C[C@H](CN)NC(=O)COc1cccc(Cl)c1.Cl. The molecule has 0 heterocycles. The van der Waals surface area contributed by atoms with E-state index in [1.54, 1.807) is 24.3 Å². The fourth-order valence-electron chi connectivity index (χ4n) is 1.08. The van der Waals surface area contributed by atoms with Gasteiger partial charge < -0.3 is 15.8 Å². The van der Waals surface area contributed by atoms with Crippen LogP contribution in [-0.2, 0) is 4.79 Å². The number of halogens is 2. The minimum absolute atomic E-state index is 0. The molecule has 0 unspecified atom stereocenters. The molecule has 0 aliphatic carbocycles. The molecular formula is C11H16Cl2N2O2. The zero-order valence-electron chi connectivity index (χ0n) is 9.48. The molecule has 3 N–H and O–H groups in total. The maximum Gasteiger partial charge on any atom is 0.258 e. The zero-order valence-corrected chi connectivity index (χ0v) is 11.1. The van der Waals surface area contributed by atoms with E-state index < -0.39 is 0 Å². The molecular weight excluding hydrogens is 263 g/mol. The van der Waals surface area contributed by atoms with E-state index in [0.29, 0.717) is 17.3 Å². The Kier molecular flexibility index (Phi) is 7.70. The molecule has 17 heavy (non-hydrogen) atoms. The Morgan fingerprint density at radius 1 is 1.59 bits per heavy atom. The molecule has 0 fully saturated rings. The number of ether oxygens (including phenoxy) is 1. The highest BCUT2D eigenvalue weighted by molar-refractivity contribution is 6.30. The van der Waals surface area contributed by atoms with Crippen LogP contribution in [0.1, 0.15) is 6.92 Å². The molecule has 0 radical (unpaired) electrons. The first kappa shape index (κ1) is 16.0. The average Bonchev–Trinajstić information content (AvgIpc) is 2.26. The summed E-state index contributed by atoms with van der Waals surface area (Å²) in [6, 6.07) is 6.85. The van der Waals surface area contributed by atoms with Crippen molar-refractivity contribution in [1.29, 1.82) is 0 Å². The molecule has 1 aromatic rings. The monoisotopic (exact) mass is 278 g/mol. The largest absolute Gasteiger partial charge is 0.484 e. The summed E-state index contributed by atoms with van der Waals surface area (Å²) in [5, 5.41) is 3.27. The third kappa shape index (κ3) is 6.36. The molecule has 0 spiro atoms. The van der Waals surface area contributed by atoms with Crippen molar-refractivity contribution in [3.05, 3.63) is 29.3 Å². The number of amides is 1. The fourth-order valence-corrected chi connectivity index (χ4v) is 1.26. The van der Waals surface area contributed by atoms with E-state index in [1.807, 2.05) is 6.92 Å². The highest BCUT2D eigenvalue weighted by Gasteiger charge is 2.06. The molecule has 1 rings (SSSR count). The smallest absolute Gasteiger partial charge is 0.258 e. The Bertz CT molecular complexity index is 361. The summed E-state index contributed by atoms with van der Waals surface area (Å²) in [7, 11) is 0. The lowest BCUT2D eigenvalue weighted by Gasteiger charge is -2.11. The normalized spacial score (nSPS) is 11.2. The molecule has 1 aromatic carbocycles. The molecule has 6 heteroatoms. The third-order valence-corrected chi connectivity index (χ3v) is 2.16. The van der Waals surface area contributed by atoms with E-state index >= 15 is 0 Å². The van der Waals surface area contributed by atoms with Crippen LogP contribution in [-0.4, -0.2) is 25.1 Å². The first-order chi connectivity index (χ1) is 7.61. The van der Waals surface area contributed by atoms with Crippen molar-refractivity contribution in [2.75, 3.05) is 13.2 Å². The van der Waals surface area contributed by atoms with Crippen LogP contribution >= 0.6 is 24.0 Å². The predicted molar refractivity (Wildman–Crippen MR) is 70.9 cm³/mol. The summed E-state index contributed by atoms with van der Waals surface area (Å²) in [5.74, 6) is 0.376. The first-order valence-corrected chi connectivity index (χ1v) is 5.37. The van der Waals surface area contributed by atoms with Crippen molar-refractivity contribution in [2.45, 2.75) is 13.0 Å². The number of benzene rings is 1. The minimum atomic E-state index is -0.196. The standard InChI is InChI=1S/C11H15ClN2O2.ClH/c1-8(6-13)14-11(15)7-16-10-4-2-3-9(12)5-10;/h2-5,8H,6-7,13H2,1H3,(H,14,15);1H/t8-;/m1./s1. The first-order valence-electron chi connectivity index (χ1n) is 4.99. The van der Waals surface area contributed by atoms with E-state index in [2.05, 4.69) is 5.32 Å². The topological polar surface area (TPSA) is 64.3 Å². The van der Waals surface area contributed by atoms with Gasteiger partial charge in [-0.2, -0.15) is 0 Å². The van der Waals surface area contributed by atoms with Gasteiger partial charge in [0.1, 0.15) is 5.75 Å². The molecule has 4 nitrogen and oxygen atoms in total. The summed E-state index contributed by atoms with van der Waals surface area (Å²) in [6.45, 7) is 2.20. The number of carbonyl (C=O) groups is 1. The molecule has 1 amide bonds.